The molecule has 3 aromatic rings. The van der Waals surface area contributed by atoms with Crippen molar-refractivity contribution in [2.75, 3.05) is 18.6 Å². The van der Waals surface area contributed by atoms with Crippen molar-refractivity contribution in [2.24, 2.45) is 0 Å². The SMILES string of the molecule is COc1cc(N)c2nc(/C=C/c3ccccc3N)ccc2c1. The van der Waals surface area contributed by atoms with Crippen LogP contribution in [0.25, 0.3) is 23.1 Å². The number of ether oxygens (including phenoxy) is 1. The van der Waals surface area contributed by atoms with Gasteiger partial charge in [0.2, 0.25) is 0 Å². The van der Waals surface area contributed by atoms with Crippen LogP contribution >= 0.6 is 0 Å². The highest BCUT2D eigenvalue weighted by molar-refractivity contribution is 5.92. The molecule has 4 nitrogen and oxygen atoms in total. The Balaban J connectivity index is 1.99. The van der Waals surface area contributed by atoms with Crippen molar-refractivity contribution in [1.29, 1.82) is 0 Å². The van der Waals surface area contributed by atoms with E-state index in [0.29, 0.717) is 5.69 Å². The van der Waals surface area contributed by atoms with E-state index < -0.39 is 0 Å². The van der Waals surface area contributed by atoms with Crippen LogP contribution in [0.5, 0.6) is 5.75 Å². The summed E-state index contributed by atoms with van der Waals surface area (Å²) in [5.74, 6) is 0.729. The van der Waals surface area contributed by atoms with Gasteiger partial charge in [-0.25, -0.2) is 4.98 Å². The first-order valence-corrected chi connectivity index (χ1v) is 6.94. The van der Waals surface area contributed by atoms with Crippen molar-refractivity contribution in [2.45, 2.75) is 0 Å². The lowest BCUT2D eigenvalue weighted by Gasteiger charge is -2.06. The minimum Gasteiger partial charge on any atom is -0.497 e. The summed E-state index contributed by atoms with van der Waals surface area (Å²) in [5.41, 5.74) is 15.9. The van der Waals surface area contributed by atoms with Crippen molar-refractivity contribution in [3.63, 3.8) is 0 Å². The van der Waals surface area contributed by atoms with Crippen LogP contribution in [-0.2, 0) is 0 Å². The van der Waals surface area contributed by atoms with E-state index >= 15 is 0 Å². The molecule has 0 aliphatic carbocycles. The molecule has 0 spiro atoms. The van der Waals surface area contributed by atoms with E-state index in [1.807, 2.05) is 54.6 Å². The van der Waals surface area contributed by atoms with Gasteiger partial charge in [-0.3, -0.25) is 0 Å². The first-order valence-electron chi connectivity index (χ1n) is 6.94. The topological polar surface area (TPSA) is 74.2 Å². The molecule has 0 amide bonds. The van der Waals surface area contributed by atoms with Crippen molar-refractivity contribution in [3.05, 3.63) is 59.8 Å². The maximum Gasteiger partial charge on any atom is 0.121 e. The molecule has 0 saturated carbocycles. The van der Waals surface area contributed by atoms with E-state index in [2.05, 4.69) is 4.98 Å². The van der Waals surface area contributed by atoms with Gasteiger partial charge in [0, 0.05) is 17.1 Å². The first kappa shape index (κ1) is 13.9. The van der Waals surface area contributed by atoms with Gasteiger partial charge in [0.05, 0.1) is 24.0 Å². The Kier molecular flexibility index (Phi) is 3.66. The van der Waals surface area contributed by atoms with Gasteiger partial charge in [-0.15, -0.1) is 0 Å². The Bertz CT molecular complexity index is 856. The number of hydrogen-bond acceptors (Lipinski definition) is 4. The van der Waals surface area contributed by atoms with E-state index in [1.54, 1.807) is 13.2 Å². The summed E-state index contributed by atoms with van der Waals surface area (Å²) < 4.78 is 5.22. The second-order valence-electron chi connectivity index (χ2n) is 4.99. The van der Waals surface area contributed by atoms with Crippen molar-refractivity contribution in [1.82, 2.24) is 4.98 Å². The number of aromatic nitrogens is 1. The van der Waals surface area contributed by atoms with Crippen molar-refractivity contribution in [3.8, 4) is 5.75 Å². The molecule has 4 N–H and O–H groups in total. The van der Waals surface area contributed by atoms with Gasteiger partial charge in [-0.2, -0.15) is 0 Å². The molecule has 22 heavy (non-hydrogen) atoms. The van der Waals surface area contributed by atoms with Gasteiger partial charge in [0.1, 0.15) is 5.75 Å². The number of nitrogen functional groups attached to an aromatic ring is 2. The number of benzene rings is 2. The van der Waals surface area contributed by atoms with Crippen LogP contribution in [-0.4, -0.2) is 12.1 Å². The number of anilines is 2. The molecule has 0 unspecified atom stereocenters. The zero-order chi connectivity index (χ0) is 15.5. The molecule has 1 heterocycles. The van der Waals surface area contributed by atoms with Crippen LogP contribution in [0, 0.1) is 0 Å². The van der Waals surface area contributed by atoms with Crippen LogP contribution < -0.4 is 16.2 Å². The average Bonchev–Trinajstić information content (AvgIpc) is 2.54. The molecule has 110 valence electrons. The second-order valence-corrected chi connectivity index (χ2v) is 4.99. The largest absolute Gasteiger partial charge is 0.497 e. The fourth-order valence-electron chi connectivity index (χ4n) is 2.30. The van der Waals surface area contributed by atoms with E-state index in [1.165, 1.54) is 0 Å². The zero-order valence-electron chi connectivity index (χ0n) is 12.3. The monoisotopic (exact) mass is 291 g/mol. The summed E-state index contributed by atoms with van der Waals surface area (Å²) in [7, 11) is 1.62. The molecule has 3 rings (SSSR count). The lowest BCUT2D eigenvalue weighted by atomic mass is 10.1. The number of rotatable bonds is 3. The minimum atomic E-state index is 0.601. The third kappa shape index (κ3) is 2.72. The van der Waals surface area contributed by atoms with E-state index in [4.69, 9.17) is 16.2 Å². The van der Waals surface area contributed by atoms with Crippen molar-refractivity contribution < 1.29 is 4.74 Å². The van der Waals surface area contributed by atoms with E-state index in [9.17, 15) is 0 Å². The molecule has 0 aliphatic rings. The van der Waals surface area contributed by atoms with Crippen molar-refractivity contribution >= 4 is 34.4 Å². The summed E-state index contributed by atoms with van der Waals surface area (Å²) in [5, 5.41) is 0.952. The summed E-state index contributed by atoms with van der Waals surface area (Å²) in [6.07, 6.45) is 3.87. The highest BCUT2D eigenvalue weighted by Gasteiger charge is 2.04. The molecule has 0 radical (unpaired) electrons. The Morgan fingerprint density at radius 2 is 1.77 bits per heavy atom. The standard InChI is InChI=1S/C18H17N3O/c1-22-15-10-13-7-9-14(21-18(13)17(20)11-15)8-6-12-4-2-3-5-16(12)19/h2-11H,19-20H2,1H3/b8-6+. The van der Waals surface area contributed by atoms with E-state index in [-0.39, 0.29) is 0 Å². The van der Waals surface area contributed by atoms with Gasteiger partial charge in [0.25, 0.3) is 0 Å². The molecule has 0 bridgehead atoms. The quantitative estimate of drug-likeness (QED) is 0.723. The van der Waals surface area contributed by atoms with E-state index in [0.717, 1.165) is 33.6 Å². The second kappa shape index (κ2) is 5.77. The molecule has 1 aromatic heterocycles. The minimum absolute atomic E-state index is 0.601. The van der Waals surface area contributed by atoms with Gasteiger partial charge < -0.3 is 16.2 Å². The number of pyridine rings is 1. The number of hydrogen-bond donors (Lipinski definition) is 2. The van der Waals surface area contributed by atoms with Gasteiger partial charge in [-0.1, -0.05) is 30.3 Å². The molecule has 0 aliphatic heterocycles. The predicted molar refractivity (Wildman–Crippen MR) is 92.5 cm³/mol. The fraction of sp³-hybridized carbons (Fsp3) is 0.0556. The molecular weight excluding hydrogens is 274 g/mol. The molecular formula is C18H17N3O. The van der Waals surface area contributed by atoms with Crippen LogP contribution in [0.15, 0.2) is 48.5 Å². The summed E-state index contributed by atoms with van der Waals surface area (Å²) in [4.78, 5) is 4.59. The molecule has 4 heteroatoms. The fourth-order valence-corrected chi connectivity index (χ4v) is 2.30. The van der Waals surface area contributed by atoms with Crippen LogP contribution in [0.1, 0.15) is 11.3 Å². The number of fused-ring (bicyclic) bond motifs is 1. The third-order valence-electron chi connectivity index (χ3n) is 3.48. The Labute approximate surface area is 129 Å². The smallest absolute Gasteiger partial charge is 0.121 e. The van der Waals surface area contributed by atoms with Gasteiger partial charge >= 0.3 is 0 Å². The Morgan fingerprint density at radius 3 is 2.55 bits per heavy atom. The van der Waals surface area contributed by atoms with Crippen LogP contribution in [0.4, 0.5) is 11.4 Å². The summed E-state index contributed by atoms with van der Waals surface area (Å²) in [6.45, 7) is 0. The lowest BCUT2D eigenvalue weighted by molar-refractivity contribution is 0.415. The highest BCUT2D eigenvalue weighted by atomic mass is 16.5. The normalized spacial score (nSPS) is 11.1. The average molecular weight is 291 g/mol. The summed E-state index contributed by atoms with van der Waals surface area (Å²) in [6, 6.07) is 15.3. The molecule has 0 atom stereocenters. The van der Waals surface area contributed by atoms with Crippen LogP contribution in [0.3, 0.4) is 0 Å². The predicted octanol–water partition coefficient (Wildman–Crippen LogP) is 3.58. The Morgan fingerprint density at radius 1 is 0.955 bits per heavy atom. The maximum absolute atomic E-state index is 6.05. The maximum atomic E-state index is 6.05. The highest BCUT2D eigenvalue weighted by Crippen LogP contribution is 2.26. The summed E-state index contributed by atoms with van der Waals surface area (Å²) >= 11 is 0. The number of para-hydroxylation sites is 1. The molecule has 2 aromatic carbocycles. The third-order valence-corrected chi connectivity index (χ3v) is 3.48. The molecule has 0 saturated heterocycles. The van der Waals surface area contributed by atoms with Gasteiger partial charge in [0.15, 0.2) is 0 Å². The molecule has 0 fully saturated rings. The zero-order valence-corrected chi connectivity index (χ0v) is 12.3. The number of nitrogens with zero attached hydrogens (tertiary/aromatic N) is 1. The van der Waals surface area contributed by atoms with Gasteiger partial charge in [-0.05, 0) is 29.8 Å². The first-order chi connectivity index (χ1) is 10.7. The lowest BCUT2D eigenvalue weighted by Crippen LogP contribution is -1.93. The van der Waals surface area contributed by atoms with Crippen LogP contribution in [0.2, 0.25) is 0 Å². The Hall–Kier alpha value is -3.01. The number of nitrogens with two attached hydrogens (primary N) is 2. The number of methoxy groups -OCH3 is 1.